The lowest BCUT2D eigenvalue weighted by Gasteiger charge is -2.26. The van der Waals surface area contributed by atoms with Crippen LogP contribution in [0.1, 0.15) is 35.8 Å². The molecule has 0 aliphatic heterocycles. The summed E-state index contributed by atoms with van der Waals surface area (Å²) in [5.41, 5.74) is 2.53. The highest BCUT2D eigenvalue weighted by Crippen LogP contribution is 2.29. The van der Waals surface area contributed by atoms with Gasteiger partial charge in [0.1, 0.15) is 5.76 Å². The largest absolute Gasteiger partial charge is 0.360 e. The van der Waals surface area contributed by atoms with Crippen LogP contribution in [0.25, 0.3) is 0 Å². The molecular formula is C18H21N3O3S. The standard InChI is InChI=1S/C18H21N3O3S/c1-12-9-16(21-24-12)20-18(23)11-25-10-17(22)19-15-8-4-6-13-5-2-3-7-14(13)15/h2-3,5,7,9,15H,4,6,8,10-11H2,1H3,(H,19,22)(H,20,21,23)/t15-/m0/s1. The lowest BCUT2D eigenvalue weighted by molar-refractivity contribution is -0.119. The predicted molar refractivity (Wildman–Crippen MR) is 97.5 cm³/mol. The summed E-state index contributed by atoms with van der Waals surface area (Å²) in [5, 5.41) is 9.42. The van der Waals surface area contributed by atoms with Gasteiger partial charge in [0.2, 0.25) is 11.8 Å². The lowest BCUT2D eigenvalue weighted by atomic mass is 9.88. The molecule has 0 saturated heterocycles. The van der Waals surface area contributed by atoms with Crippen molar-refractivity contribution < 1.29 is 14.1 Å². The van der Waals surface area contributed by atoms with Gasteiger partial charge in [0.05, 0.1) is 17.5 Å². The van der Waals surface area contributed by atoms with Crippen LogP contribution >= 0.6 is 11.8 Å². The molecule has 7 heteroatoms. The molecule has 0 bridgehead atoms. The fourth-order valence-electron chi connectivity index (χ4n) is 2.98. The van der Waals surface area contributed by atoms with Gasteiger partial charge < -0.3 is 15.2 Å². The third-order valence-electron chi connectivity index (χ3n) is 4.07. The number of carbonyl (C=O) groups excluding carboxylic acids is 2. The molecule has 2 amide bonds. The Kier molecular flexibility index (Phi) is 5.75. The van der Waals surface area contributed by atoms with E-state index in [9.17, 15) is 9.59 Å². The van der Waals surface area contributed by atoms with Gasteiger partial charge in [0, 0.05) is 6.07 Å². The van der Waals surface area contributed by atoms with Crippen LogP contribution in [0, 0.1) is 6.92 Å². The van der Waals surface area contributed by atoms with E-state index in [1.54, 1.807) is 13.0 Å². The molecule has 132 valence electrons. The second-order valence-corrected chi connectivity index (χ2v) is 7.06. The number of rotatable bonds is 6. The third-order valence-corrected chi connectivity index (χ3v) is 5.00. The van der Waals surface area contributed by atoms with Crippen molar-refractivity contribution in [1.29, 1.82) is 0 Å². The number of hydrogen-bond acceptors (Lipinski definition) is 5. The van der Waals surface area contributed by atoms with Crippen LogP contribution in [0.3, 0.4) is 0 Å². The number of nitrogens with zero attached hydrogens (tertiary/aromatic N) is 1. The zero-order chi connectivity index (χ0) is 17.6. The number of aryl methyl sites for hydroxylation is 2. The van der Waals surface area contributed by atoms with Crippen molar-refractivity contribution in [2.45, 2.75) is 32.2 Å². The number of anilines is 1. The smallest absolute Gasteiger partial charge is 0.235 e. The minimum Gasteiger partial charge on any atom is -0.360 e. The number of benzene rings is 1. The van der Waals surface area contributed by atoms with E-state index in [0.717, 1.165) is 19.3 Å². The number of carbonyl (C=O) groups is 2. The first-order chi connectivity index (χ1) is 12.1. The van der Waals surface area contributed by atoms with Gasteiger partial charge in [-0.15, -0.1) is 11.8 Å². The van der Waals surface area contributed by atoms with Crippen LogP contribution in [0.15, 0.2) is 34.9 Å². The molecule has 25 heavy (non-hydrogen) atoms. The lowest BCUT2D eigenvalue weighted by Crippen LogP contribution is -2.32. The highest BCUT2D eigenvalue weighted by atomic mass is 32.2. The van der Waals surface area contributed by atoms with Gasteiger partial charge in [-0.25, -0.2) is 0 Å². The number of amides is 2. The van der Waals surface area contributed by atoms with Gasteiger partial charge in [0.25, 0.3) is 0 Å². The fourth-order valence-corrected chi connectivity index (χ4v) is 3.61. The van der Waals surface area contributed by atoms with Crippen molar-refractivity contribution >= 4 is 29.4 Å². The minimum atomic E-state index is -0.200. The van der Waals surface area contributed by atoms with Crippen LogP contribution in [0.4, 0.5) is 5.82 Å². The van der Waals surface area contributed by atoms with Crippen LogP contribution in [0.2, 0.25) is 0 Å². The fraction of sp³-hybridized carbons (Fsp3) is 0.389. The summed E-state index contributed by atoms with van der Waals surface area (Å²) in [7, 11) is 0. The van der Waals surface area contributed by atoms with Gasteiger partial charge in [-0.2, -0.15) is 0 Å². The molecule has 3 rings (SSSR count). The molecule has 1 aromatic heterocycles. The summed E-state index contributed by atoms with van der Waals surface area (Å²) in [5.74, 6) is 1.23. The molecule has 0 radical (unpaired) electrons. The molecule has 0 fully saturated rings. The first kappa shape index (κ1) is 17.5. The van der Waals surface area contributed by atoms with Gasteiger partial charge >= 0.3 is 0 Å². The molecule has 0 saturated carbocycles. The average Bonchev–Trinajstić information content (AvgIpc) is 3.00. The molecule has 0 spiro atoms. The maximum atomic E-state index is 12.2. The van der Waals surface area contributed by atoms with Crippen LogP contribution in [-0.4, -0.2) is 28.5 Å². The SMILES string of the molecule is Cc1cc(NC(=O)CSCC(=O)N[C@H]2CCCc3ccccc32)no1. The number of fused-ring (bicyclic) bond motifs is 1. The Labute approximate surface area is 150 Å². The van der Waals surface area contributed by atoms with Gasteiger partial charge in [-0.1, -0.05) is 29.4 Å². The van der Waals surface area contributed by atoms with E-state index in [4.69, 9.17) is 4.52 Å². The van der Waals surface area contributed by atoms with Crippen molar-refractivity contribution in [3.05, 3.63) is 47.2 Å². The van der Waals surface area contributed by atoms with Crippen LogP contribution < -0.4 is 10.6 Å². The van der Waals surface area contributed by atoms with Crippen molar-refractivity contribution in [3.63, 3.8) is 0 Å². The Balaban J connectivity index is 1.42. The Morgan fingerprint density at radius 1 is 1.28 bits per heavy atom. The molecular weight excluding hydrogens is 338 g/mol. The summed E-state index contributed by atoms with van der Waals surface area (Å²) < 4.78 is 4.89. The van der Waals surface area contributed by atoms with Crippen molar-refractivity contribution in [2.24, 2.45) is 0 Å². The molecule has 1 heterocycles. The maximum Gasteiger partial charge on any atom is 0.235 e. The average molecular weight is 359 g/mol. The van der Waals surface area contributed by atoms with Gasteiger partial charge in [0.15, 0.2) is 5.82 Å². The van der Waals surface area contributed by atoms with E-state index < -0.39 is 0 Å². The Morgan fingerprint density at radius 3 is 2.88 bits per heavy atom. The maximum absolute atomic E-state index is 12.2. The monoisotopic (exact) mass is 359 g/mol. The summed E-state index contributed by atoms with van der Waals surface area (Å²) >= 11 is 1.28. The normalized spacial score (nSPS) is 16.1. The Hall–Kier alpha value is -2.28. The summed E-state index contributed by atoms with van der Waals surface area (Å²) in [6, 6.07) is 9.97. The second-order valence-electron chi connectivity index (χ2n) is 6.07. The zero-order valence-corrected chi connectivity index (χ0v) is 14.9. The molecule has 6 nitrogen and oxygen atoms in total. The van der Waals surface area contributed by atoms with Gasteiger partial charge in [-0.3, -0.25) is 9.59 Å². The number of nitrogens with one attached hydrogen (secondary N) is 2. The molecule has 1 aliphatic carbocycles. The highest BCUT2D eigenvalue weighted by molar-refractivity contribution is 8.00. The molecule has 1 atom stereocenters. The number of hydrogen-bond donors (Lipinski definition) is 2. The Bertz CT molecular complexity index is 760. The molecule has 0 unspecified atom stereocenters. The van der Waals surface area contributed by atoms with Gasteiger partial charge in [-0.05, 0) is 37.3 Å². The van der Waals surface area contributed by atoms with E-state index in [1.165, 1.54) is 22.9 Å². The van der Waals surface area contributed by atoms with E-state index in [0.29, 0.717) is 11.6 Å². The Morgan fingerprint density at radius 2 is 2.08 bits per heavy atom. The first-order valence-electron chi connectivity index (χ1n) is 8.30. The first-order valence-corrected chi connectivity index (χ1v) is 9.45. The highest BCUT2D eigenvalue weighted by Gasteiger charge is 2.21. The molecule has 2 N–H and O–H groups in total. The van der Waals surface area contributed by atoms with Crippen molar-refractivity contribution in [1.82, 2.24) is 10.5 Å². The predicted octanol–water partition coefficient (Wildman–Crippen LogP) is 2.85. The summed E-state index contributed by atoms with van der Waals surface area (Å²) in [6.07, 6.45) is 3.10. The number of thioether (sulfide) groups is 1. The van der Waals surface area contributed by atoms with Crippen molar-refractivity contribution in [2.75, 3.05) is 16.8 Å². The second kappa shape index (κ2) is 8.20. The van der Waals surface area contributed by atoms with Crippen molar-refractivity contribution in [3.8, 4) is 0 Å². The molecule has 1 aliphatic rings. The van der Waals surface area contributed by atoms with E-state index in [-0.39, 0.29) is 29.4 Å². The topological polar surface area (TPSA) is 84.2 Å². The molecule has 2 aromatic rings. The molecule has 1 aromatic carbocycles. The van der Waals surface area contributed by atoms with E-state index in [2.05, 4.69) is 27.9 Å². The summed E-state index contributed by atoms with van der Waals surface area (Å²) in [6.45, 7) is 1.76. The zero-order valence-electron chi connectivity index (χ0n) is 14.1. The summed E-state index contributed by atoms with van der Waals surface area (Å²) in [4.78, 5) is 24.0. The van der Waals surface area contributed by atoms with E-state index >= 15 is 0 Å². The quantitative estimate of drug-likeness (QED) is 0.828. The van der Waals surface area contributed by atoms with Crippen LogP contribution in [-0.2, 0) is 16.0 Å². The number of aromatic nitrogens is 1. The third kappa shape index (κ3) is 4.85. The van der Waals surface area contributed by atoms with Crippen LogP contribution in [0.5, 0.6) is 0 Å². The minimum absolute atomic E-state index is 0.0446. The van der Waals surface area contributed by atoms with E-state index in [1.807, 2.05) is 12.1 Å².